The number of rotatable bonds is 6. The zero-order valence-electron chi connectivity index (χ0n) is 18.0. The number of hydrogen-bond donors (Lipinski definition) is 0. The summed E-state index contributed by atoms with van der Waals surface area (Å²) in [5.41, 5.74) is 2.28. The lowest BCUT2D eigenvalue weighted by Crippen LogP contribution is -2.21. The molecule has 0 radical (unpaired) electrons. The predicted octanol–water partition coefficient (Wildman–Crippen LogP) is 5.53. The minimum Gasteiger partial charge on any atom is -0.493 e. The van der Waals surface area contributed by atoms with Gasteiger partial charge in [-0.2, -0.15) is 18.5 Å². The zero-order valence-corrected chi connectivity index (χ0v) is 21.8. The summed E-state index contributed by atoms with van der Waals surface area (Å²) in [5.74, 6) is -0.00573. The number of para-hydroxylation sites is 1. The van der Waals surface area contributed by atoms with Crippen LogP contribution in [-0.4, -0.2) is 27.1 Å². The average molecular weight is 609 g/mol. The molecule has 1 amide bonds. The molecule has 10 heteroatoms. The van der Waals surface area contributed by atoms with Gasteiger partial charge in [-0.15, -0.1) is 0 Å². The van der Waals surface area contributed by atoms with Gasteiger partial charge >= 0.3 is 10.1 Å². The van der Waals surface area contributed by atoms with Gasteiger partial charge in [0.15, 0.2) is 11.5 Å². The number of benzene rings is 3. The fraction of sp³-hybridized carbons (Fsp3) is 0.0833. The Morgan fingerprint density at radius 3 is 2.38 bits per heavy atom. The Balaban J connectivity index is 1.66. The molecular weight excluding hydrogens is 591 g/mol. The van der Waals surface area contributed by atoms with Crippen molar-refractivity contribution in [2.45, 2.75) is 11.8 Å². The highest BCUT2D eigenvalue weighted by molar-refractivity contribution is 14.1. The van der Waals surface area contributed by atoms with Crippen LogP contribution in [0.5, 0.6) is 11.5 Å². The molecule has 7 nitrogen and oxygen atoms in total. The molecule has 0 bridgehead atoms. The van der Waals surface area contributed by atoms with Crippen molar-refractivity contribution < 1.29 is 22.1 Å². The van der Waals surface area contributed by atoms with Crippen molar-refractivity contribution in [3.8, 4) is 11.5 Å². The van der Waals surface area contributed by atoms with E-state index in [-0.39, 0.29) is 22.3 Å². The van der Waals surface area contributed by atoms with E-state index in [0.717, 1.165) is 0 Å². The molecule has 0 unspecified atom stereocenters. The van der Waals surface area contributed by atoms with Crippen molar-refractivity contribution in [2.75, 3.05) is 12.1 Å². The molecule has 0 saturated carbocycles. The maximum absolute atomic E-state index is 13.0. The Morgan fingerprint density at radius 1 is 1.06 bits per heavy atom. The molecule has 0 spiro atoms. The summed E-state index contributed by atoms with van der Waals surface area (Å²) in [4.78, 5) is 13.0. The van der Waals surface area contributed by atoms with Crippen LogP contribution in [0.4, 0.5) is 5.69 Å². The van der Waals surface area contributed by atoms with E-state index in [1.807, 2.05) is 40.8 Å². The third-order valence-corrected chi connectivity index (χ3v) is 7.21. The first kappa shape index (κ1) is 24.2. The van der Waals surface area contributed by atoms with Crippen LogP contribution in [0, 0.1) is 3.57 Å². The smallest absolute Gasteiger partial charge is 0.339 e. The van der Waals surface area contributed by atoms with E-state index in [2.05, 4.69) is 5.10 Å². The average Bonchev–Trinajstić information content (AvgIpc) is 3.09. The van der Waals surface area contributed by atoms with Crippen LogP contribution < -0.4 is 13.9 Å². The maximum Gasteiger partial charge on any atom is 0.339 e. The number of methoxy groups -OCH3 is 1. The second-order valence-corrected chi connectivity index (χ2v) is 10.4. The predicted molar refractivity (Wildman–Crippen MR) is 140 cm³/mol. The zero-order chi connectivity index (χ0) is 24.5. The molecule has 174 valence electrons. The first-order valence-electron chi connectivity index (χ1n) is 9.94. The van der Waals surface area contributed by atoms with E-state index in [0.29, 0.717) is 31.1 Å². The molecule has 34 heavy (non-hydrogen) atoms. The highest BCUT2D eigenvalue weighted by Crippen LogP contribution is 2.37. The molecular formula is C24H18ClIN2O5S. The van der Waals surface area contributed by atoms with Crippen LogP contribution >= 0.6 is 34.2 Å². The molecule has 0 aromatic heterocycles. The number of hydrogen-bond acceptors (Lipinski definition) is 6. The molecule has 1 aliphatic rings. The first-order valence-corrected chi connectivity index (χ1v) is 12.8. The van der Waals surface area contributed by atoms with Crippen molar-refractivity contribution in [3.63, 3.8) is 0 Å². The normalized spacial score (nSPS) is 14.9. The molecule has 1 aliphatic heterocycles. The molecule has 0 N–H and O–H groups in total. The van der Waals surface area contributed by atoms with E-state index in [1.165, 1.54) is 36.4 Å². The third kappa shape index (κ3) is 4.96. The maximum atomic E-state index is 13.0. The molecule has 0 aliphatic carbocycles. The molecule has 3 aromatic carbocycles. The number of amides is 1. The number of nitrogens with zero attached hydrogens (tertiary/aromatic N) is 2. The molecule has 0 fully saturated rings. The third-order valence-electron chi connectivity index (χ3n) is 4.92. The second-order valence-electron chi connectivity index (χ2n) is 7.22. The molecule has 1 heterocycles. The summed E-state index contributed by atoms with van der Waals surface area (Å²) in [6, 6.07) is 18.1. The molecule has 0 saturated heterocycles. The number of ether oxygens (including phenoxy) is 1. The summed E-state index contributed by atoms with van der Waals surface area (Å²) in [5, 5.41) is 6.13. The van der Waals surface area contributed by atoms with E-state index in [1.54, 1.807) is 37.3 Å². The van der Waals surface area contributed by atoms with Crippen molar-refractivity contribution in [1.29, 1.82) is 0 Å². The van der Waals surface area contributed by atoms with Gasteiger partial charge in [-0.05, 0) is 89.7 Å². The van der Waals surface area contributed by atoms with Crippen LogP contribution in [0.2, 0.25) is 5.02 Å². The standard InChI is InChI=1S/C24H18ClIN2O5S/c1-15-20(24(29)28(27-15)18-6-4-3-5-7-18)12-16-13-21(26)23(22(14-16)32-2)33-34(30,31)19-10-8-17(25)9-11-19/h3-14H,1-2H3/b20-12+. The van der Waals surface area contributed by atoms with Crippen molar-refractivity contribution in [1.82, 2.24) is 0 Å². The molecule has 4 rings (SSSR count). The van der Waals surface area contributed by atoms with Gasteiger partial charge in [-0.3, -0.25) is 4.79 Å². The van der Waals surface area contributed by atoms with Crippen LogP contribution in [0.1, 0.15) is 12.5 Å². The van der Waals surface area contributed by atoms with Gasteiger partial charge in [0.05, 0.1) is 27.7 Å². The van der Waals surface area contributed by atoms with Gasteiger partial charge < -0.3 is 8.92 Å². The number of hydrazone groups is 1. The monoisotopic (exact) mass is 608 g/mol. The lowest BCUT2D eigenvalue weighted by atomic mass is 10.1. The Hall–Kier alpha value is -2.89. The van der Waals surface area contributed by atoms with Crippen molar-refractivity contribution >= 4 is 67.7 Å². The van der Waals surface area contributed by atoms with E-state index in [4.69, 9.17) is 20.5 Å². The molecule has 3 aromatic rings. The number of carbonyl (C=O) groups excluding carboxylic acids is 1. The number of anilines is 1. The highest BCUT2D eigenvalue weighted by atomic mass is 127. The number of halogens is 2. The van der Waals surface area contributed by atoms with Gasteiger partial charge in [0.1, 0.15) is 4.90 Å². The van der Waals surface area contributed by atoms with E-state index in [9.17, 15) is 13.2 Å². The van der Waals surface area contributed by atoms with E-state index < -0.39 is 10.1 Å². The Morgan fingerprint density at radius 2 is 1.74 bits per heavy atom. The fourth-order valence-electron chi connectivity index (χ4n) is 3.26. The van der Waals surface area contributed by atoms with Gasteiger partial charge in [0.25, 0.3) is 5.91 Å². The second kappa shape index (κ2) is 9.77. The number of carbonyl (C=O) groups is 1. The minimum atomic E-state index is -4.11. The minimum absolute atomic E-state index is 0.0367. The Bertz CT molecular complexity index is 1420. The van der Waals surface area contributed by atoms with Gasteiger partial charge in [-0.1, -0.05) is 29.8 Å². The Labute approximate surface area is 215 Å². The van der Waals surface area contributed by atoms with Crippen LogP contribution in [-0.2, 0) is 14.9 Å². The summed E-state index contributed by atoms with van der Waals surface area (Å²) in [6.07, 6.45) is 1.69. The van der Waals surface area contributed by atoms with Crippen molar-refractivity contribution in [2.24, 2.45) is 5.10 Å². The summed E-state index contributed by atoms with van der Waals surface area (Å²) < 4.78 is 36.8. The van der Waals surface area contributed by atoms with Crippen LogP contribution in [0.3, 0.4) is 0 Å². The van der Waals surface area contributed by atoms with Crippen LogP contribution in [0.25, 0.3) is 6.08 Å². The SMILES string of the molecule is COc1cc(/C=C2/C(=O)N(c3ccccc3)N=C2C)cc(I)c1OS(=O)(=O)c1ccc(Cl)cc1. The lowest BCUT2D eigenvalue weighted by molar-refractivity contribution is -0.114. The van der Waals surface area contributed by atoms with Gasteiger partial charge in [-0.25, -0.2) is 0 Å². The highest BCUT2D eigenvalue weighted by Gasteiger charge is 2.29. The van der Waals surface area contributed by atoms with Crippen molar-refractivity contribution in [3.05, 3.63) is 86.5 Å². The Kier molecular flexibility index (Phi) is 6.96. The summed E-state index contributed by atoms with van der Waals surface area (Å²) in [7, 11) is -2.70. The molecule has 0 atom stereocenters. The first-order chi connectivity index (χ1) is 16.2. The van der Waals surface area contributed by atoms with E-state index >= 15 is 0 Å². The summed E-state index contributed by atoms with van der Waals surface area (Å²) in [6.45, 7) is 1.76. The van der Waals surface area contributed by atoms with Gasteiger partial charge in [0, 0.05) is 5.02 Å². The quantitative estimate of drug-likeness (QED) is 0.209. The lowest BCUT2D eigenvalue weighted by Gasteiger charge is -2.14. The topological polar surface area (TPSA) is 85.3 Å². The summed E-state index contributed by atoms with van der Waals surface area (Å²) >= 11 is 7.81. The van der Waals surface area contributed by atoms with Crippen LogP contribution in [0.15, 0.2) is 82.3 Å². The largest absolute Gasteiger partial charge is 0.493 e. The van der Waals surface area contributed by atoms with Gasteiger partial charge in [0.2, 0.25) is 0 Å². The fourth-order valence-corrected chi connectivity index (χ4v) is 5.23.